The van der Waals surface area contributed by atoms with Crippen molar-refractivity contribution < 1.29 is 9.63 Å². The highest BCUT2D eigenvalue weighted by atomic mass is 35.5. The van der Waals surface area contributed by atoms with Gasteiger partial charge in [0.1, 0.15) is 11.7 Å². The van der Waals surface area contributed by atoms with E-state index in [2.05, 4.69) is 32.8 Å². The van der Waals surface area contributed by atoms with E-state index in [4.69, 9.17) is 16.4 Å². The van der Waals surface area contributed by atoms with Crippen LogP contribution in [0.15, 0.2) is 0 Å². The Hall–Kier alpha value is -0.320. The third-order valence-corrected chi connectivity index (χ3v) is 6.61. The van der Waals surface area contributed by atoms with E-state index in [1.54, 1.807) is 0 Å². The summed E-state index contributed by atoms with van der Waals surface area (Å²) in [6.07, 6.45) is 3.34. The Morgan fingerprint density at radius 1 is 1.36 bits per heavy atom. The second kappa shape index (κ2) is 5.64. The predicted octanol–water partition coefficient (Wildman–Crippen LogP) is 3.11. The largest absolute Gasteiger partial charge is 0.323 e. The van der Waals surface area contributed by atoms with Crippen LogP contribution in [0.5, 0.6) is 0 Å². The number of likely N-dealkylation sites (N-methyl/N-ethyl adjacent to an activating group) is 1. The van der Waals surface area contributed by atoms with E-state index in [-0.39, 0.29) is 29.6 Å². The number of hydroxylamine groups is 2. The topological polar surface area (TPSA) is 32.8 Å². The number of fused-ring (bicyclic) bond motifs is 2. The fraction of sp³-hybridized carbons (Fsp3) is 0.941. The molecular formula is C17H29ClN2O2. The number of hydrogen-bond acceptors (Lipinski definition) is 3. The number of hydrogen-bond donors (Lipinski definition) is 0. The second-order valence-corrected chi connectivity index (χ2v) is 8.25. The lowest BCUT2D eigenvalue weighted by atomic mass is 9.69. The monoisotopic (exact) mass is 328 g/mol. The third-order valence-electron chi connectivity index (χ3n) is 6.30. The van der Waals surface area contributed by atoms with Gasteiger partial charge in [-0.15, -0.1) is 11.6 Å². The zero-order valence-corrected chi connectivity index (χ0v) is 15.1. The van der Waals surface area contributed by atoms with Gasteiger partial charge >= 0.3 is 0 Å². The molecule has 4 nitrogen and oxygen atoms in total. The molecule has 3 fully saturated rings. The summed E-state index contributed by atoms with van der Waals surface area (Å²) < 4.78 is 0. The number of halogens is 1. The molecule has 22 heavy (non-hydrogen) atoms. The van der Waals surface area contributed by atoms with Crippen molar-refractivity contribution in [2.75, 3.05) is 12.9 Å². The number of rotatable bonds is 2. The van der Waals surface area contributed by atoms with Crippen molar-refractivity contribution in [2.24, 2.45) is 23.7 Å². The molecule has 2 aliphatic heterocycles. The van der Waals surface area contributed by atoms with Gasteiger partial charge in [-0.3, -0.25) is 9.63 Å². The Bertz CT molecular complexity index is 458. The van der Waals surface area contributed by atoms with Crippen molar-refractivity contribution in [3.05, 3.63) is 0 Å². The molecule has 2 saturated heterocycles. The molecule has 126 valence electrons. The van der Waals surface area contributed by atoms with Crippen LogP contribution in [0.4, 0.5) is 0 Å². The van der Waals surface area contributed by atoms with Crippen molar-refractivity contribution in [3.8, 4) is 0 Å². The van der Waals surface area contributed by atoms with Crippen LogP contribution in [0.3, 0.4) is 0 Å². The first kappa shape index (κ1) is 16.5. The molecule has 0 N–H and O–H groups in total. The van der Waals surface area contributed by atoms with Crippen LogP contribution >= 0.6 is 11.6 Å². The minimum absolute atomic E-state index is 0.0498. The van der Waals surface area contributed by atoms with E-state index in [9.17, 15) is 4.79 Å². The molecule has 0 unspecified atom stereocenters. The Morgan fingerprint density at radius 2 is 2.05 bits per heavy atom. The first-order chi connectivity index (χ1) is 10.3. The minimum atomic E-state index is -0.289. The van der Waals surface area contributed by atoms with Crippen LogP contribution in [-0.4, -0.2) is 46.6 Å². The van der Waals surface area contributed by atoms with Gasteiger partial charge in [0, 0.05) is 18.9 Å². The standard InChI is InChI=1S/C17H29ClN2O2/c1-10(2)13-7-6-11(3)8-17(13)19(5)16(21)15-12(4)14(9-18)22-20(15)17/h10-15H,6-9H2,1-5H3/t11-,12-,13+,14-,15+,17+/m1/s1. The molecule has 1 spiro atoms. The van der Waals surface area contributed by atoms with Gasteiger partial charge in [0.25, 0.3) is 0 Å². The highest BCUT2D eigenvalue weighted by Crippen LogP contribution is 2.53. The Kier molecular flexibility index (Phi) is 4.24. The molecule has 5 heteroatoms. The fourth-order valence-electron chi connectivity index (χ4n) is 5.06. The van der Waals surface area contributed by atoms with Crippen molar-refractivity contribution in [3.63, 3.8) is 0 Å². The van der Waals surface area contributed by atoms with Crippen molar-refractivity contribution in [1.29, 1.82) is 0 Å². The zero-order valence-electron chi connectivity index (χ0n) is 14.4. The molecule has 0 radical (unpaired) electrons. The van der Waals surface area contributed by atoms with Crippen molar-refractivity contribution in [2.45, 2.75) is 64.8 Å². The Balaban J connectivity index is 2.04. The van der Waals surface area contributed by atoms with Crippen molar-refractivity contribution >= 4 is 17.5 Å². The molecule has 1 amide bonds. The van der Waals surface area contributed by atoms with E-state index in [1.165, 1.54) is 6.42 Å². The molecule has 0 bridgehead atoms. The summed E-state index contributed by atoms with van der Waals surface area (Å²) in [6, 6.07) is -0.166. The quantitative estimate of drug-likeness (QED) is 0.730. The number of carbonyl (C=O) groups excluding carboxylic acids is 1. The van der Waals surface area contributed by atoms with Crippen LogP contribution in [0.25, 0.3) is 0 Å². The number of carbonyl (C=O) groups is 1. The number of nitrogens with zero attached hydrogens (tertiary/aromatic N) is 2. The van der Waals surface area contributed by atoms with Crippen LogP contribution in [-0.2, 0) is 9.63 Å². The molecule has 1 saturated carbocycles. The summed E-state index contributed by atoms with van der Waals surface area (Å²) in [6.45, 7) is 8.93. The summed E-state index contributed by atoms with van der Waals surface area (Å²) in [4.78, 5) is 21.2. The van der Waals surface area contributed by atoms with Gasteiger partial charge in [0.2, 0.25) is 5.91 Å². The van der Waals surface area contributed by atoms with Crippen molar-refractivity contribution in [1.82, 2.24) is 9.96 Å². The molecule has 0 aromatic heterocycles. The molecule has 3 rings (SSSR count). The van der Waals surface area contributed by atoms with Gasteiger partial charge in [0.15, 0.2) is 0 Å². The lowest BCUT2D eigenvalue weighted by molar-refractivity contribution is -0.261. The lowest BCUT2D eigenvalue weighted by Crippen LogP contribution is -2.61. The third kappa shape index (κ3) is 2.06. The van der Waals surface area contributed by atoms with Crippen LogP contribution in [0.1, 0.15) is 47.0 Å². The highest BCUT2D eigenvalue weighted by molar-refractivity contribution is 6.18. The fourth-order valence-corrected chi connectivity index (χ4v) is 5.39. The summed E-state index contributed by atoms with van der Waals surface area (Å²) in [5, 5.41) is 2.06. The first-order valence-corrected chi connectivity index (χ1v) is 9.17. The average Bonchev–Trinajstić information content (AvgIpc) is 2.90. The summed E-state index contributed by atoms with van der Waals surface area (Å²) in [5.74, 6) is 2.39. The second-order valence-electron chi connectivity index (χ2n) is 7.94. The van der Waals surface area contributed by atoms with Crippen LogP contribution < -0.4 is 0 Å². The summed E-state index contributed by atoms with van der Waals surface area (Å²) in [5.41, 5.74) is -0.289. The highest BCUT2D eigenvalue weighted by Gasteiger charge is 2.66. The maximum Gasteiger partial charge on any atom is 0.244 e. The van der Waals surface area contributed by atoms with Gasteiger partial charge in [-0.25, -0.2) is 0 Å². The summed E-state index contributed by atoms with van der Waals surface area (Å²) >= 11 is 6.08. The normalized spacial score (nSPS) is 46.0. The molecule has 0 aromatic rings. The van der Waals surface area contributed by atoms with E-state index in [0.29, 0.717) is 23.6 Å². The smallest absolute Gasteiger partial charge is 0.244 e. The van der Waals surface area contributed by atoms with Gasteiger partial charge < -0.3 is 4.90 Å². The van der Waals surface area contributed by atoms with E-state index in [1.807, 2.05) is 11.9 Å². The van der Waals surface area contributed by atoms with Crippen LogP contribution in [0.2, 0.25) is 0 Å². The van der Waals surface area contributed by atoms with Gasteiger partial charge in [-0.05, 0) is 24.7 Å². The molecule has 6 atom stereocenters. The molecule has 0 aromatic carbocycles. The van der Waals surface area contributed by atoms with E-state index >= 15 is 0 Å². The molecule has 1 aliphatic carbocycles. The SMILES string of the molecule is CC(C)[C@@H]1CC[C@@H](C)C[C@@]12N(C)C(=O)[C@@H]1[C@H](C)[C@@H](CCl)ON12. The molecular weight excluding hydrogens is 300 g/mol. The number of alkyl halides is 1. The lowest BCUT2D eigenvalue weighted by Gasteiger charge is -2.52. The Labute approximate surface area is 139 Å². The Morgan fingerprint density at radius 3 is 2.64 bits per heavy atom. The minimum Gasteiger partial charge on any atom is -0.323 e. The maximum atomic E-state index is 13.0. The summed E-state index contributed by atoms with van der Waals surface area (Å²) in [7, 11) is 1.97. The van der Waals surface area contributed by atoms with Gasteiger partial charge in [-0.1, -0.05) is 34.1 Å². The molecule has 3 aliphatic rings. The first-order valence-electron chi connectivity index (χ1n) is 8.64. The molecule has 2 heterocycles. The van der Waals surface area contributed by atoms with Gasteiger partial charge in [0.05, 0.1) is 12.0 Å². The van der Waals surface area contributed by atoms with Gasteiger partial charge in [-0.2, -0.15) is 5.06 Å². The van der Waals surface area contributed by atoms with E-state index < -0.39 is 0 Å². The zero-order chi connectivity index (χ0) is 16.2. The number of amides is 1. The van der Waals surface area contributed by atoms with E-state index in [0.717, 1.165) is 12.8 Å². The maximum absolute atomic E-state index is 13.0. The van der Waals surface area contributed by atoms with Crippen LogP contribution in [0, 0.1) is 23.7 Å². The predicted molar refractivity (Wildman–Crippen MR) is 87.2 cm³/mol. The average molecular weight is 329 g/mol.